The monoisotopic (exact) mass is 352 g/mol. The van der Waals surface area contributed by atoms with Gasteiger partial charge in [-0.3, -0.25) is 9.69 Å². The number of aromatic nitrogens is 2. The highest BCUT2D eigenvalue weighted by atomic mass is 16.5. The number of amides is 1. The standard InChI is InChI=1S/C17H28N4O4/c1-5-13(11-21-6-8-25-9-7-21)19-15(22)10-14-12(2)18-17(24-4)20-16(14)23-3/h13H,5-11H2,1-4H3,(H,19,22). The highest BCUT2D eigenvalue weighted by Gasteiger charge is 2.20. The van der Waals surface area contributed by atoms with Crippen molar-refractivity contribution < 1.29 is 19.0 Å². The maximum absolute atomic E-state index is 12.5. The Morgan fingerprint density at radius 1 is 1.28 bits per heavy atom. The molecule has 0 aromatic carbocycles. The number of aryl methyl sites for hydroxylation is 1. The average molecular weight is 352 g/mol. The average Bonchev–Trinajstić information content (AvgIpc) is 2.63. The number of nitrogens with zero attached hydrogens (tertiary/aromatic N) is 3. The Bertz CT molecular complexity index is 576. The van der Waals surface area contributed by atoms with Crippen molar-refractivity contribution in [1.82, 2.24) is 20.2 Å². The van der Waals surface area contributed by atoms with Gasteiger partial charge in [0, 0.05) is 31.2 Å². The van der Waals surface area contributed by atoms with Crippen LogP contribution in [0, 0.1) is 6.92 Å². The van der Waals surface area contributed by atoms with E-state index in [9.17, 15) is 4.79 Å². The van der Waals surface area contributed by atoms with Crippen molar-refractivity contribution in [3.63, 3.8) is 0 Å². The number of morpholine rings is 1. The van der Waals surface area contributed by atoms with Gasteiger partial charge in [-0.2, -0.15) is 4.98 Å². The molecule has 1 aliphatic heterocycles. The largest absolute Gasteiger partial charge is 0.481 e. The molecular weight excluding hydrogens is 324 g/mol. The van der Waals surface area contributed by atoms with Crippen molar-refractivity contribution in [3.8, 4) is 11.9 Å². The minimum atomic E-state index is -0.0599. The molecule has 0 aliphatic carbocycles. The van der Waals surface area contributed by atoms with Gasteiger partial charge >= 0.3 is 6.01 Å². The van der Waals surface area contributed by atoms with Crippen molar-refractivity contribution in [3.05, 3.63) is 11.3 Å². The lowest BCUT2D eigenvalue weighted by molar-refractivity contribution is -0.121. The van der Waals surface area contributed by atoms with Crippen LogP contribution in [0.5, 0.6) is 11.9 Å². The third-order valence-electron chi connectivity index (χ3n) is 4.31. The molecule has 140 valence electrons. The number of ether oxygens (including phenoxy) is 3. The van der Waals surface area contributed by atoms with Crippen molar-refractivity contribution in [2.24, 2.45) is 0 Å². The summed E-state index contributed by atoms with van der Waals surface area (Å²) in [4.78, 5) is 23.2. The second kappa shape index (κ2) is 9.53. The summed E-state index contributed by atoms with van der Waals surface area (Å²) >= 11 is 0. The van der Waals surface area contributed by atoms with Gasteiger partial charge in [0.15, 0.2) is 0 Å². The third kappa shape index (κ3) is 5.54. The molecule has 1 fully saturated rings. The van der Waals surface area contributed by atoms with Gasteiger partial charge in [0.1, 0.15) is 0 Å². The van der Waals surface area contributed by atoms with E-state index in [-0.39, 0.29) is 24.4 Å². The molecule has 8 heteroatoms. The van der Waals surface area contributed by atoms with Crippen LogP contribution >= 0.6 is 0 Å². The second-order valence-electron chi connectivity index (χ2n) is 6.05. The van der Waals surface area contributed by atoms with Crippen LogP contribution in [0.4, 0.5) is 0 Å². The van der Waals surface area contributed by atoms with E-state index in [1.807, 2.05) is 6.92 Å². The lowest BCUT2D eigenvalue weighted by Crippen LogP contribution is -2.47. The number of carbonyl (C=O) groups excluding carboxylic acids is 1. The Kier molecular flexibility index (Phi) is 7.39. The van der Waals surface area contributed by atoms with Crippen LogP contribution in [0.2, 0.25) is 0 Å². The molecule has 25 heavy (non-hydrogen) atoms. The van der Waals surface area contributed by atoms with Gasteiger partial charge in [-0.15, -0.1) is 0 Å². The van der Waals surface area contributed by atoms with Crippen LogP contribution in [-0.4, -0.2) is 73.9 Å². The Labute approximate surface area is 148 Å². The first-order valence-corrected chi connectivity index (χ1v) is 8.62. The smallest absolute Gasteiger partial charge is 0.319 e. The maximum atomic E-state index is 12.5. The van der Waals surface area contributed by atoms with Crippen LogP contribution in [0.25, 0.3) is 0 Å². The first kappa shape index (κ1) is 19.4. The zero-order valence-electron chi connectivity index (χ0n) is 15.5. The molecule has 1 unspecified atom stereocenters. The Balaban J connectivity index is 1.98. The highest BCUT2D eigenvalue weighted by Crippen LogP contribution is 2.21. The lowest BCUT2D eigenvalue weighted by atomic mass is 10.1. The lowest BCUT2D eigenvalue weighted by Gasteiger charge is -2.30. The van der Waals surface area contributed by atoms with Gasteiger partial charge in [0.25, 0.3) is 0 Å². The van der Waals surface area contributed by atoms with E-state index >= 15 is 0 Å². The van der Waals surface area contributed by atoms with E-state index in [2.05, 4.69) is 27.1 Å². The molecule has 1 aromatic heterocycles. The Morgan fingerprint density at radius 3 is 2.60 bits per heavy atom. The molecule has 1 N–H and O–H groups in total. The van der Waals surface area contributed by atoms with E-state index in [4.69, 9.17) is 14.2 Å². The number of nitrogens with one attached hydrogen (secondary N) is 1. The Hall–Kier alpha value is -1.93. The minimum Gasteiger partial charge on any atom is -0.481 e. The molecule has 0 spiro atoms. The van der Waals surface area contributed by atoms with Gasteiger partial charge in [0.05, 0.1) is 39.5 Å². The molecule has 1 saturated heterocycles. The predicted molar refractivity (Wildman–Crippen MR) is 93.1 cm³/mol. The van der Waals surface area contributed by atoms with E-state index in [1.165, 1.54) is 14.2 Å². The van der Waals surface area contributed by atoms with Crippen LogP contribution in [0.1, 0.15) is 24.6 Å². The van der Waals surface area contributed by atoms with Crippen molar-refractivity contribution >= 4 is 5.91 Å². The first-order chi connectivity index (χ1) is 12.1. The third-order valence-corrected chi connectivity index (χ3v) is 4.31. The van der Waals surface area contributed by atoms with Crippen LogP contribution in [0.3, 0.4) is 0 Å². The zero-order chi connectivity index (χ0) is 18.2. The van der Waals surface area contributed by atoms with E-state index < -0.39 is 0 Å². The molecule has 1 amide bonds. The van der Waals surface area contributed by atoms with Crippen molar-refractivity contribution in [2.45, 2.75) is 32.7 Å². The van der Waals surface area contributed by atoms with Gasteiger partial charge in [-0.1, -0.05) is 6.92 Å². The number of hydrogen-bond donors (Lipinski definition) is 1. The summed E-state index contributed by atoms with van der Waals surface area (Å²) in [6, 6.07) is 0.341. The second-order valence-corrected chi connectivity index (χ2v) is 6.05. The highest BCUT2D eigenvalue weighted by molar-refractivity contribution is 5.79. The fourth-order valence-corrected chi connectivity index (χ4v) is 2.82. The molecule has 8 nitrogen and oxygen atoms in total. The van der Waals surface area contributed by atoms with Crippen LogP contribution in [-0.2, 0) is 16.0 Å². The molecule has 0 radical (unpaired) electrons. The van der Waals surface area contributed by atoms with Crippen molar-refractivity contribution in [1.29, 1.82) is 0 Å². The fourth-order valence-electron chi connectivity index (χ4n) is 2.82. The molecule has 1 atom stereocenters. The Morgan fingerprint density at radius 2 is 2.00 bits per heavy atom. The summed E-state index contributed by atoms with van der Waals surface area (Å²) in [5.41, 5.74) is 1.36. The minimum absolute atomic E-state index is 0.0599. The summed E-state index contributed by atoms with van der Waals surface area (Å²) in [6.45, 7) is 8.06. The fraction of sp³-hybridized carbons (Fsp3) is 0.706. The van der Waals surface area contributed by atoms with Crippen LogP contribution < -0.4 is 14.8 Å². The summed E-state index contributed by atoms with van der Waals surface area (Å²) in [5.74, 6) is 0.316. The molecule has 0 saturated carbocycles. The normalized spacial score (nSPS) is 16.3. The molecule has 2 rings (SSSR count). The van der Waals surface area contributed by atoms with Gasteiger partial charge in [-0.05, 0) is 13.3 Å². The van der Waals surface area contributed by atoms with E-state index in [0.29, 0.717) is 17.1 Å². The maximum Gasteiger partial charge on any atom is 0.319 e. The van der Waals surface area contributed by atoms with Gasteiger partial charge < -0.3 is 19.5 Å². The molecular formula is C17H28N4O4. The number of rotatable bonds is 8. The van der Waals surface area contributed by atoms with Crippen molar-refractivity contribution in [2.75, 3.05) is 47.1 Å². The molecule has 1 aromatic rings. The summed E-state index contributed by atoms with van der Waals surface area (Å²) in [5, 5.41) is 3.11. The molecule has 0 bridgehead atoms. The molecule has 2 heterocycles. The number of carbonyl (C=O) groups is 1. The van der Waals surface area contributed by atoms with Gasteiger partial charge in [0.2, 0.25) is 11.8 Å². The first-order valence-electron chi connectivity index (χ1n) is 8.62. The number of methoxy groups -OCH3 is 2. The summed E-state index contributed by atoms with van der Waals surface area (Å²) in [6.07, 6.45) is 1.05. The summed E-state index contributed by atoms with van der Waals surface area (Å²) < 4.78 is 15.7. The molecule has 1 aliphatic rings. The van der Waals surface area contributed by atoms with E-state index in [0.717, 1.165) is 39.3 Å². The SMILES string of the molecule is CCC(CN1CCOCC1)NC(=O)Cc1c(C)nc(OC)nc1OC. The quantitative estimate of drug-likeness (QED) is 0.732. The predicted octanol–water partition coefficient (Wildman–Crippen LogP) is 0.572. The number of hydrogen-bond acceptors (Lipinski definition) is 7. The topological polar surface area (TPSA) is 85.8 Å². The van der Waals surface area contributed by atoms with Gasteiger partial charge in [-0.25, -0.2) is 4.98 Å². The van der Waals surface area contributed by atoms with Crippen LogP contribution in [0.15, 0.2) is 0 Å². The van der Waals surface area contributed by atoms with E-state index in [1.54, 1.807) is 0 Å². The summed E-state index contributed by atoms with van der Waals surface area (Å²) in [7, 11) is 3.02. The zero-order valence-corrected chi connectivity index (χ0v) is 15.5.